The lowest BCUT2D eigenvalue weighted by Crippen LogP contribution is -2.39. The molecule has 1 rings (SSSR count). The van der Waals surface area contributed by atoms with E-state index in [1.165, 1.54) is 12.5 Å². The van der Waals surface area contributed by atoms with Crippen molar-refractivity contribution in [2.45, 2.75) is 45.2 Å². The first-order valence-electron chi connectivity index (χ1n) is 5.67. The summed E-state index contributed by atoms with van der Waals surface area (Å²) in [6.45, 7) is 3.46. The minimum absolute atomic E-state index is 0.115. The van der Waals surface area contributed by atoms with Crippen LogP contribution in [0.1, 0.15) is 25.8 Å². The van der Waals surface area contributed by atoms with Crippen LogP contribution in [0.25, 0.3) is 0 Å². The van der Waals surface area contributed by atoms with Crippen molar-refractivity contribution in [2.24, 2.45) is 0 Å². The topological polar surface area (TPSA) is 12.0 Å². The molecular weight excluding hydrogens is 208 g/mol. The van der Waals surface area contributed by atoms with Crippen LogP contribution in [-0.2, 0) is 6.42 Å². The molecule has 16 heavy (non-hydrogen) atoms. The van der Waals surface area contributed by atoms with Crippen LogP contribution in [0.4, 0.5) is 8.78 Å². The quantitative estimate of drug-likeness (QED) is 0.786. The number of rotatable bonds is 6. The summed E-state index contributed by atoms with van der Waals surface area (Å²) in [5.41, 5.74) is 1.25. The van der Waals surface area contributed by atoms with Crippen molar-refractivity contribution in [3.8, 4) is 0 Å². The van der Waals surface area contributed by atoms with Crippen molar-refractivity contribution in [1.82, 2.24) is 5.32 Å². The lowest BCUT2D eigenvalue weighted by atomic mass is 10.1. The standard InChI is InChI=1S/C13H19F2N/c1-10(16-11(2)13(14)15)8-9-12-6-4-3-5-7-12/h3-7,10-11,13,16H,8-9H2,1-2H3. The van der Waals surface area contributed by atoms with E-state index < -0.39 is 12.5 Å². The zero-order valence-electron chi connectivity index (χ0n) is 9.79. The highest BCUT2D eigenvalue weighted by Gasteiger charge is 2.16. The fraction of sp³-hybridized carbons (Fsp3) is 0.538. The van der Waals surface area contributed by atoms with E-state index in [9.17, 15) is 8.78 Å². The Morgan fingerprint density at radius 3 is 2.31 bits per heavy atom. The summed E-state index contributed by atoms with van der Waals surface area (Å²) in [5, 5.41) is 2.90. The van der Waals surface area contributed by atoms with Crippen LogP contribution in [0.15, 0.2) is 30.3 Å². The monoisotopic (exact) mass is 227 g/mol. The maximum atomic E-state index is 12.3. The molecule has 0 aromatic heterocycles. The average Bonchev–Trinajstić information content (AvgIpc) is 2.27. The average molecular weight is 227 g/mol. The van der Waals surface area contributed by atoms with Gasteiger partial charge in [-0.1, -0.05) is 30.3 Å². The second kappa shape index (κ2) is 6.59. The van der Waals surface area contributed by atoms with Crippen LogP contribution in [-0.4, -0.2) is 18.5 Å². The molecule has 0 saturated heterocycles. The third-order valence-electron chi connectivity index (χ3n) is 2.63. The molecule has 1 aromatic carbocycles. The van der Waals surface area contributed by atoms with Crippen LogP contribution in [0.2, 0.25) is 0 Å². The first-order chi connectivity index (χ1) is 7.59. The van der Waals surface area contributed by atoms with Crippen molar-refractivity contribution in [2.75, 3.05) is 0 Å². The number of alkyl halides is 2. The van der Waals surface area contributed by atoms with E-state index in [-0.39, 0.29) is 6.04 Å². The minimum atomic E-state index is -2.29. The molecule has 0 amide bonds. The fourth-order valence-corrected chi connectivity index (χ4v) is 1.63. The van der Waals surface area contributed by atoms with Gasteiger partial charge in [-0.3, -0.25) is 0 Å². The van der Waals surface area contributed by atoms with Crippen molar-refractivity contribution in [3.63, 3.8) is 0 Å². The molecule has 2 unspecified atom stereocenters. The Morgan fingerprint density at radius 1 is 1.12 bits per heavy atom. The number of aryl methyl sites for hydroxylation is 1. The fourth-order valence-electron chi connectivity index (χ4n) is 1.63. The number of hydrogen-bond donors (Lipinski definition) is 1. The maximum Gasteiger partial charge on any atom is 0.253 e. The van der Waals surface area contributed by atoms with E-state index in [1.807, 2.05) is 25.1 Å². The van der Waals surface area contributed by atoms with E-state index in [2.05, 4.69) is 17.4 Å². The third kappa shape index (κ3) is 4.71. The summed E-state index contributed by atoms with van der Waals surface area (Å²) in [5.74, 6) is 0. The molecule has 1 nitrogen and oxygen atoms in total. The molecule has 0 bridgehead atoms. The van der Waals surface area contributed by atoms with Gasteiger partial charge in [-0.25, -0.2) is 8.78 Å². The van der Waals surface area contributed by atoms with Gasteiger partial charge in [0.15, 0.2) is 0 Å². The van der Waals surface area contributed by atoms with Crippen LogP contribution in [0.3, 0.4) is 0 Å². The van der Waals surface area contributed by atoms with Gasteiger partial charge >= 0.3 is 0 Å². The van der Waals surface area contributed by atoms with Gasteiger partial charge in [-0.15, -0.1) is 0 Å². The SMILES string of the molecule is CC(CCc1ccccc1)NC(C)C(F)F. The van der Waals surface area contributed by atoms with Crippen LogP contribution in [0, 0.1) is 0 Å². The second-order valence-corrected chi connectivity index (χ2v) is 4.22. The summed E-state index contributed by atoms with van der Waals surface area (Å²) in [4.78, 5) is 0. The Balaban J connectivity index is 2.28. The zero-order chi connectivity index (χ0) is 12.0. The van der Waals surface area contributed by atoms with Crippen LogP contribution < -0.4 is 5.32 Å². The molecule has 1 N–H and O–H groups in total. The number of halogens is 2. The number of hydrogen-bond acceptors (Lipinski definition) is 1. The molecule has 0 aliphatic heterocycles. The Labute approximate surface area is 95.9 Å². The van der Waals surface area contributed by atoms with E-state index in [0.29, 0.717) is 0 Å². The van der Waals surface area contributed by atoms with Crippen molar-refractivity contribution in [1.29, 1.82) is 0 Å². The Kier molecular flexibility index (Phi) is 5.39. The molecule has 3 heteroatoms. The summed E-state index contributed by atoms with van der Waals surface area (Å²) < 4.78 is 24.6. The summed E-state index contributed by atoms with van der Waals surface area (Å²) in [6.07, 6.45) is -0.495. The van der Waals surface area contributed by atoms with E-state index in [1.54, 1.807) is 0 Å². The summed E-state index contributed by atoms with van der Waals surface area (Å²) >= 11 is 0. The Hall–Kier alpha value is -0.960. The normalized spacial score (nSPS) is 15.1. The van der Waals surface area contributed by atoms with Crippen LogP contribution >= 0.6 is 0 Å². The third-order valence-corrected chi connectivity index (χ3v) is 2.63. The molecule has 0 saturated carbocycles. The minimum Gasteiger partial charge on any atom is -0.307 e. The zero-order valence-corrected chi connectivity index (χ0v) is 9.79. The van der Waals surface area contributed by atoms with Gasteiger partial charge in [0.1, 0.15) is 0 Å². The highest BCUT2D eigenvalue weighted by atomic mass is 19.3. The number of nitrogens with one attached hydrogen (secondary N) is 1. The predicted molar refractivity (Wildman–Crippen MR) is 62.8 cm³/mol. The summed E-state index contributed by atoms with van der Waals surface area (Å²) in [7, 11) is 0. The van der Waals surface area contributed by atoms with E-state index >= 15 is 0 Å². The molecule has 1 aromatic rings. The van der Waals surface area contributed by atoms with E-state index in [4.69, 9.17) is 0 Å². The van der Waals surface area contributed by atoms with Gasteiger partial charge in [0.25, 0.3) is 6.43 Å². The van der Waals surface area contributed by atoms with Gasteiger partial charge in [-0.05, 0) is 32.3 Å². The molecule has 0 fully saturated rings. The second-order valence-electron chi connectivity index (χ2n) is 4.22. The molecular formula is C13H19F2N. The number of benzene rings is 1. The Morgan fingerprint density at radius 2 is 1.75 bits per heavy atom. The molecule has 0 aliphatic rings. The van der Waals surface area contributed by atoms with E-state index in [0.717, 1.165) is 12.8 Å². The maximum absolute atomic E-state index is 12.3. The lowest BCUT2D eigenvalue weighted by molar-refractivity contribution is 0.100. The molecule has 2 atom stereocenters. The van der Waals surface area contributed by atoms with Crippen molar-refractivity contribution in [3.05, 3.63) is 35.9 Å². The first-order valence-corrected chi connectivity index (χ1v) is 5.67. The highest BCUT2D eigenvalue weighted by molar-refractivity contribution is 5.14. The van der Waals surface area contributed by atoms with Crippen LogP contribution in [0.5, 0.6) is 0 Å². The highest BCUT2D eigenvalue weighted by Crippen LogP contribution is 2.07. The van der Waals surface area contributed by atoms with Gasteiger partial charge < -0.3 is 5.32 Å². The largest absolute Gasteiger partial charge is 0.307 e. The molecule has 0 aliphatic carbocycles. The van der Waals surface area contributed by atoms with Crippen molar-refractivity contribution < 1.29 is 8.78 Å². The first kappa shape index (κ1) is 13.1. The van der Waals surface area contributed by atoms with Gasteiger partial charge in [0.05, 0.1) is 6.04 Å². The molecule has 0 heterocycles. The lowest BCUT2D eigenvalue weighted by Gasteiger charge is -2.19. The summed E-state index contributed by atoms with van der Waals surface area (Å²) in [6, 6.07) is 9.47. The molecule has 90 valence electrons. The Bertz CT molecular complexity index is 287. The van der Waals surface area contributed by atoms with Gasteiger partial charge in [0.2, 0.25) is 0 Å². The molecule has 0 spiro atoms. The predicted octanol–water partition coefficient (Wildman–Crippen LogP) is 3.25. The van der Waals surface area contributed by atoms with Crippen molar-refractivity contribution >= 4 is 0 Å². The van der Waals surface area contributed by atoms with Gasteiger partial charge in [-0.2, -0.15) is 0 Å². The smallest absolute Gasteiger partial charge is 0.253 e. The molecule has 0 radical (unpaired) electrons. The van der Waals surface area contributed by atoms with Gasteiger partial charge in [0, 0.05) is 6.04 Å².